The Bertz CT molecular complexity index is 803. The van der Waals surface area contributed by atoms with E-state index in [1.165, 1.54) is 0 Å². The lowest BCUT2D eigenvalue weighted by atomic mass is 10.2. The van der Waals surface area contributed by atoms with Crippen molar-refractivity contribution in [2.45, 2.75) is 18.9 Å². The van der Waals surface area contributed by atoms with Crippen LogP contribution in [0.15, 0.2) is 28.7 Å². The van der Waals surface area contributed by atoms with Gasteiger partial charge in [-0.1, -0.05) is 27.5 Å². The Morgan fingerprint density at radius 3 is 2.72 bits per heavy atom. The van der Waals surface area contributed by atoms with Gasteiger partial charge in [0.15, 0.2) is 0 Å². The predicted octanol–water partition coefficient (Wildman–Crippen LogP) is 3.05. The van der Waals surface area contributed by atoms with Gasteiger partial charge in [0.2, 0.25) is 5.91 Å². The Balaban J connectivity index is 1.40. The van der Waals surface area contributed by atoms with E-state index in [-0.39, 0.29) is 5.91 Å². The van der Waals surface area contributed by atoms with Crippen molar-refractivity contribution in [2.24, 2.45) is 0 Å². The van der Waals surface area contributed by atoms with Crippen molar-refractivity contribution in [3.05, 3.63) is 33.8 Å². The van der Waals surface area contributed by atoms with Gasteiger partial charge in [-0.05, 0) is 37.1 Å². The number of carbonyl (C=O) groups is 1. The average Bonchev–Trinajstić information content (AvgIpc) is 3.39. The lowest BCUT2D eigenvalue weighted by Gasteiger charge is -2.35. The lowest BCUT2D eigenvalue weighted by Crippen LogP contribution is -2.50. The summed E-state index contributed by atoms with van der Waals surface area (Å²) in [6.45, 7) is 3.96. The zero-order valence-electron chi connectivity index (χ0n) is 13.8. The number of benzene rings is 1. The first-order valence-corrected chi connectivity index (χ1v) is 9.78. The maximum absolute atomic E-state index is 11.9. The molecule has 1 N–H and O–H groups in total. The summed E-state index contributed by atoms with van der Waals surface area (Å²) >= 11 is 9.80. The van der Waals surface area contributed by atoms with E-state index in [1.54, 1.807) is 0 Å². The maximum Gasteiger partial charge on any atom is 0.234 e. The standard InChI is InChI=1S/C18H20BrClN4O/c19-13-9-12-1-4-16(22-18(12)15(20)10-13)24-7-5-23(6-8-24)11-17(25)21-14-2-3-14/h1,4,9-10,14H,2-3,5-8,11H2,(H,21,25). The highest BCUT2D eigenvalue weighted by Gasteiger charge is 2.25. The van der Waals surface area contributed by atoms with Crippen LogP contribution in [0.5, 0.6) is 0 Å². The molecule has 2 fully saturated rings. The quantitative estimate of drug-likeness (QED) is 0.821. The number of anilines is 1. The van der Waals surface area contributed by atoms with Crippen LogP contribution in [0.2, 0.25) is 5.02 Å². The molecule has 1 saturated heterocycles. The third-order valence-electron chi connectivity index (χ3n) is 4.70. The second-order valence-corrected chi connectivity index (χ2v) is 8.06. The Labute approximate surface area is 160 Å². The predicted molar refractivity (Wildman–Crippen MR) is 104 cm³/mol. The number of carbonyl (C=O) groups excluding carboxylic acids is 1. The van der Waals surface area contributed by atoms with Crippen LogP contribution >= 0.6 is 27.5 Å². The molecular formula is C18H20BrClN4O. The first kappa shape index (κ1) is 17.1. The molecule has 0 unspecified atom stereocenters. The van der Waals surface area contributed by atoms with Crippen molar-refractivity contribution < 1.29 is 4.79 Å². The van der Waals surface area contributed by atoms with Gasteiger partial charge in [-0.2, -0.15) is 0 Å². The number of halogens is 2. The molecule has 1 aromatic carbocycles. The van der Waals surface area contributed by atoms with E-state index >= 15 is 0 Å². The topological polar surface area (TPSA) is 48.5 Å². The van der Waals surface area contributed by atoms with Crippen LogP contribution in [0, 0.1) is 0 Å². The van der Waals surface area contributed by atoms with Crippen LogP contribution in [0.1, 0.15) is 12.8 Å². The van der Waals surface area contributed by atoms with Crippen molar-refractivity contribution in [1.82, 2.24) is 15.2 Å². The zero-order valence-corrected chi connectivity index (χ0v) is 16.2. The molecule has 1 aromatic heterocycles. The minimum absolute atomic E-state index is 0.150. The molecule has 132 valence electrons. The number of piperazine rings is 1. The number of pyridine rings is 1. The molecule has 0 bridgehead atoms. The second-order valence-electron chi connectivity index (χ2n) is 6.73. The molecule has 2 aromatic rings. The molecule has 7 heteroatoms. The van der Waals surface area contributed by atoms with Gasteiger partial charge in [0, 0.05) is 42.1 Å². The molecule has 2 aliphatic rings. The van der Waals surface area contributed by atoms with Crippen molar-refractivity contribution in [3.63, 3.8) is 0 Å². The normalized spacial score (nSPS) is 18.6. The zero-order chi connectivity index (χ0) is 17.4. The van der Waals surface area contributed by atoms with E-state index in [9.17, 15) is 4.79 Å². The van der Waals surface area contributed by atoms with Gasteiger partial charge in [0.05, 0.1) is 17.1 Å². The van der Waals surface area contributed by atoms with Crippen LogP contribution < -0.4 is 10.2 Å². The summed E-state index contributed by atoms with van der Waals surface area (Å²) < 4.78 is 0.956. The molecule has 1 aliphatic heterocycles. The van der Waals surface area contributed by atoms with Crippen LogP contribution in [0.25, 0.3) is 10.9 Å². The van der Waals surface area contributed by atoms with E-state index in [2.05, 4.69) is 37.1 Å². The fraction of sp³-hybridized carbons (Fsp3) is 0.444. The number of nitrogens with zero attached hydrogens (tertiary/aromatic N) is 3. The summed E-state index contributed by atoms with van der Waals surface area (Å²) in [5.41, 5.74) is 0.827. The van der Waals surface area contributed by atoms with Gasteiger partial charge >= 0.3 is 0 Å². The molecule has 4 rings (SSSR count). The highest BCUT2D eigenvalue weighted by atomic mass is 79.9. The first-order valence-electron chi connectivity index (χ1n) is 8.61. The van der Waals surface area contributed by atoms with Gasteiger partial charge < -0.3 is 10.2 Å². The summed E-state index contributed by atoms with van der Waals surface area (Å²) in [6.07, 6.45) is 2.26. The molecule has 0 radical (unpaired) electrons. The van der Waals surface area contributed by atoms with Gasteiger partial charge in [-0.3, -0.25) is 9.69 Å². The van der Waals surface area contributed by atoms with Gasteiger partial charge in [0.1, 0.15) is 5.82 Å². The number of aromatic nitrogens is 1. The van der Waals surface area contributed by atoms with E-state index in [0.29, 0.717) is 17.6 Å². The van der Waals surface area contributed by atoms with Gasteiger partial charge in [-0.25, -0.2) is 4.98 Å². The second kappa shape index (κ2) is 7.09. The largest absolute Gasteiger partial charge is 0.354 e. The SMILES string of the molecule is O=C(CN1CCN(c2ccc3cc(Br)cc(Cl)c3n2)CC1)NC1CC1. The Morgan fingerprint density at radius 1 is 1.24 bits per heavy atom. The molecular weight excluding hydrogens is 404 g/mol. The maximum atomic E-state index is 11.9. The number of amides is 1. The van der Waals surface area contributed by atoms with Gasteiger partial charge in [-0.15, -0.1) is 0 Å². The summed E-state index contributed by atoms with van der Waals surface area (Å²) in [6, 6.07) is 8.43. The van der Waals surface area contributed by atoms with Crippen molar-refractivity contribution in [2.75, 3.05) is 37.6 Å². The Kier molecular flexibility index (Phi) is 4.84. The summed E-state index contributed by atoms with van der Waals surface area (Å²) in [5, 5.41) is 4.73. The van der Waals surface area contributed by atoms with Crippen molar-refractivity contribution in [3.8, 4) is 0 Å². The molecule has 0 spiro atoms. The van der Waals surface area contributed by atoms with E-state index in [4.69, 9.17) is 16.6 Å². The fourth-order valence-electron chi connectivity index (χ4n) is 3.16. The minimum Gasteiger partial charge on any atom is -0.354 e. The first-order chi connectivity index (χ1) is 12.1. The van der Waals surface area contributed by atoms with Crippen molar-refractivity contribution >= 4 is 50.2 Å². The highest BCUT2D eigenvalue weighted by molar-refractivity contribution is 9.10. The molecule has 1 saturated carbocycles. The van der Waals surface area contributed by atoms with E-state index in [1.807, 2.05) is 18.2 Å². The summed E-state index contributed by atoms with van der Waals surface area (Å²) in [7, 11) is 0. The molecule has 25 heavy (non-hydrogen) atoms. The summed E-state index contributed by atoms with van der Waals surface area (Å²) in [4.78, 5) is 21.1. The number of hydrogen-bond acceptors (Lipinski definition) is 4. The lowest BCUT2D eigenvalue weighted by molar-refractivity contribution is -0.122. The molecule has 5 nitrogen and oxygen atoms in total. The third-order valence-corrected chi connectivity index (χ3v) is 5.45. The smallest absolute Gasteiger partial charge is 0.234 e. The summed E-state index contributed by atoms with van der Waals surface area (Å²) in [5.74, 6) is 1.09. The van der Waals surface area contributed by atoms with Crippen LogP contribution in [-0.4, -0.2) is 54.6 Å². The molecule has 1 amide bonds. The van der Waals surface area contributed by atoms with Gasteiger partial charge in [0.25, 0.3) is 0 Å². The number of hydrogen-bond donors (Lipinski definition) is 1. The molecule has 1 aliphatic carbocycles. The van der Waals surface area contributed by atoms with Crippen LogP contribution in [-0.2, 0) is 4.79 Å². The Hall–Kier alpha value is -1.37. The monoisotopic (exact) mass is 422 g/mol. The van der Waals surface area contributed by atoms with Crippen molar-refractivity contribution in [1.29, 1.82) is 0 Å². The minimum atomic E-state index is 0.150. The highest BCUT2D eigenvalue weighted by Crippen LogP contribution is 2.29. The Morgan fingerprint density at radius 2 is 2.00 bits per heavy atom. The van der Waals surface area contributed by atoms with Crippen LogP contribution in [0.3, 0.4) is 0 Å². The number of rotatable bonds is 4. The number of fused-ring (bicyclic) bond motifs is 1. The van der Waals surface area contributed by atoms with E-state index < -0.39 is 0 Å². The third kappa shape index (κ3) is 4.07. The van der Waals surface area contributed by atoms with Crippen LogP contribution in [0.4, 0.5) is 5.82 Å². The van der Waals surface area contributed by atoms with E-state index in [0.717, 1.165) is 60.2 Å². The molecule has 2 heterocycles. The average molecular weight is 424 g/mol. The number of nitrogens with one attached hydrogen (secondary N) is 1. The molecule has 0 atom stereocenters. The fourth-order valence-corrected chi connectivity index (χ4v) is 4.04.